The smallest absolute Gasteiger partial charge is 0.276 e. The molecule has 1 unspecified atom stereocenters. The van der Waals surface area contributed by atoms with Crippen molar-refractivity contribution in [3.63, 3.8) is 0 Å². The van der Waals surface area contributed by atoms with E-state index in [-0.39, 0.29) is 53.8 Å². The summed E-state index contributed by atoms with van der Waals surface area (Å²) in [5.74, 6) is 0.725. The highest BCUT2D eigenvalue weighted by Gasteiger charge is 2.46. The number of thiophene rings is 1. The number of aromatic nitrogens is 4. The van der Waals surface area contributed by atoms with Crippen LogP contribution >= 0.6 is 11.3 Å². The van der Waals surface area contributed by atoms with Crippen LogP contribution in [0.5, 0.6) is 5.75 Å². The third-order valence-corrected chi connectivity index (χ3v) is 17.0. The van der Waals surface area contributed by atoms with E-state index < -0.39 is 11.9 Å². The monoisotopic (exact) mass is 967 g/mol. The second-order valence-electron chi connectivity index (χ2n) is 20.8. The van der Waals surface area contributed by atoms with Crippen LogP contribution in [0.15, 0.2) is 53.7 Å². The Kier molecular flexibility index (Phi) is 10.7. The number of ether oxygens (including phenoxy) is 1. The van der Waals surface area contributed by atoms with Gasteiger partial charge in [0.25, 0.3) is 17.4 Å². The van der Waals surface area contributed by atoms with Crippen molar-refractivity contribution in [1.82, 2.24) is 34.2 Å². The third kappa shape index (κ3) is 7.37. The lowest BCUT2D eigenvalue weighted by molar-refractivity contribution is -0.136. The van der Waals surface area contributed by atoms with E-state index in [1.807, 2.05) is 30.5 Å². The molecule has 3 N–H and O–H groups in total. The molecule has 0 saturated carbocycles. The van der Waals surface area contributed by atoms with E-state index in [2.05, 4.69) is 55.7 Å². The molecule has 6 aliphatic heterocycles. The van der Waals surface area contributed by atoms with E-state index in [0.29, 0.717) is 83.3 Å². The Bertz CT molecular complexity index is 3070. The largest absolute Gasteiger partial charge is 0.488 e. The molecule has 0 radical (unpaired) electrons. The lowest BCUT2D eigenvalue weighted by Gasteiger charge is -2.49. The summed E-state index contributed by atoms with van der Waals surface area (Å²) in [6, 6.07) is 9.74. The third-order valence-electron chi connectivity index (χ3n) is 15.8. The number of hydrogen-bond acceptors (Lipinski definition) is 14. The summed E-state index contributed by atoms with van der Waals surface area (Å²) in [6.07, 6.45) is 9.65. The maximum atomic E-state index is 14.0. The summed E-state index contributed by atoms with van der Waals surface area (Å²) in [5, 5.41) is 17.5. The molecule has 1 aliphatic carbocycles. The standard InChI is InChI=1S/C51H57N11O7S/c1-28-23-57(31-10-12-59-33(19-31)27-69-43-35-25-62(49(68)44(35)70-50(43)59)38-6-8-42(64)55-46(38)65)13-14-58(28)32-5-7-41(53-22-32)54-37-17-30(24-56(4)47(37)66)34-9-11-52-45(36(34)26-63)61-16-15-60-39(48(61)67)18-29-20-51(2,3)21-40(29)60/h5,7,9,11,17-18,22,24,28,31,33,38,63H,6,8,10,12-16,19-21,23,25-27H2,1-4H3,(H,53,54)(H,55,64,65)/t28-,31+,33+,38?/m0/s1. The van der Waals surface area contributed by atoms with Crippen molar-refractivity contribution in [3.8, 4) is 16.9 Å². The zero-order valence-corrected chi connectivity index (χ0v) is 40.7. The van der Waals surface area contributed by atoms with E-state index >= 15 is 0 Å². The molecule has 19 heteroatoms. The number of fused-ring (bicyclic) bond motifs is 8. The van der Waals surface area contributed by atoms with Crippen LogP contribution in [-0.4, -0.2) is 121 Å². The molecule has 0 spiro atoms. The Labute approximate surface area is 408 Å². The Morgan fingerprint density at radius 1 is 0.943 bits per heavy atom. The average molecular weight is 968 g/mol. The molecule has 5 aromatic rings. The van der Waals surface area contributed by atoms with Gasteiger partial charge in [-0.1, -0.05) is 13.8 Å². The summed E-state index contributed by atoms with van der Waals surface area (Å²) >= 11 is 1.47. The first-order chi connectivity index (χ1) is 33.7. The van der Waals surface area contributed by atoms with Gasteiger partial charge >= 0.3 is 0 Å². The van der Waals surface area contributed by atoms with Gasteiger partial charge in [0.15, 0.2) is 5.75 Å². The van der Waals surface area contributed by atoms with Gasteiger partial charge < -0.3 is 39.0 Å². The molecule has 4 atom stereocenters. The van der Waals surface area contributed by atoms with Crippen LogP contribution in [0.4, 0.5) is 28.0 Å². The first-order valence-corrected chi connectivity index (χ1v) is 25.3. The van der Waals surface area contributed by atoms with Crippen LogP contribution in [0.3, 0.4) is 0 Å². The fraction of sp³-hybridized carbons (Fsp3) is 0.471. The first-order valence-electron chi connectivity index (χ1n) is 24.5. The van der Waals surface area contributed by atoms with Crippen molar-refractivity contribution >= 4 is 63.0 Å². The molecular weight excluding hydrogens is 911 g/mol. The number of anilines is 5. The predicted molar refractivity (Wildman–Crippen MR) is 264 cm³/mol. The second-order valence-corrected chi connectivity index (χ2v) is 21.8. The molecule has 7 aliphatic rings. The summed E-state index contributed by atoms with van der Waals surface area (Å²) in [4.78, 5) is 86.2. The number of nitrogens with one attached hydrogen (secondary N) is 2. The number of carbonyl (C=O) groups excluding carboxylic acids is 4. The van der Waals surface area contributed by atoms with Crippen molar-refractivity contribution in [3.05, 3.63) is 92.2 Å². The number of aryl methyl sites for hydroxylation is 1. The fourth-order valence-electron chi connectivity index (χ4n) is 12.3. The number of piperazine rings is 1. The minimum atomic E-state index is -0.642. The van der Waals surface area contributed by atoms with E-state index in [1.54, 1.807) is 35.3 Å². The van der Waals surface area contributed by atoms with Crippen molar-refractivity contribution < 1.29 is 29.0 Å². The fourth-order valence-corrected chi connectivity index (χ4v) is 13.6. The summed E-state index contributed by atoms with van der Waals surface area (Å²) in [5.41, 5.74) is 7.16. The van der Waals surface area contributed by atoms with Crippen LogP contribution in [0.1, 0.15) is 89.0 Å². The number of amides is 4. The zero-order chi connectivity index (χ0) is 48.3. The summed E-state index contributed by atoms with van der Waals surface area (Å²) in [6.45, 7) is 11.9. The molecule has 3 saturated heterocycles. The Morgan fingerprint density at radius 3 is 2.59 bits per heavy atom. The van der Waals surface area contributed by atoms with Gasteiger partial charge in [-0.25, -0.2) is 9.97 Å². The Morgan fingerprint density at radius 2 is 1.80 bits per heavy atom. The number of aliphatic hydroxyl groups is 1. The highest BCUT2D eigenvalue weighted by Crippen LogP contribution is 2.51. The maximum Gasteiger partial charge on any atom is 0.276 e. The Balaban J connectivity index is 0.688. The van der Waals surface area contributed by atoms with Gasteiger partial charge in [-0.15, -0.1) is 11.3 Å². The van der Waals surface area contributed by atoms with Gasteiger partial charge in [-0.05, 0) is 85.9 Å². The van der Waals surface area contributed by atoms with Gasteiger partial charge in [0.2, 0.25) is 11.8 Å². The van der Waals surface area contributed by atoms with Gasteiger partial charge in [-0.3, -0.25) is 39.1 Å². The molecule has 0 bridgehead atoms. The zero-order valence-electron chi connectivity index (χ0n) is 39.9. The lowest BCUT2D eigenvalue weighted by Crippen LogP contribution is -2.59. The van der Waals surface area contributed by atoms with Gasteiger partial charge in [0, 0.05) is 99.6 Å². The van der Waals surface area contributed by atoms with Gasteiger partial charge in [0.1, 0.15) is 45.5 Å². The number of piperidine rings is 2. The molecule has 4 amide bonds. The van der Waals surface area contributed by atoms with E-state index in [1.165, 1.54) is 27.2 Å². The van der Waals surface area contributed by atoms with Crippen LogP contribution in [0.2, 0.25) is 0 Å². The van der Waals surface area contributed by atoms with E-state index in [0.717, 1.165) is 73.9 Å². The average Bonchev–Trinajstić information content (AvgIpc) is 4.07. The number of carbonyl (C=O) groups is 4. The van der Waals surface area contributed by atoms with Crippen LogP contribution in [0.25, 0.3) is 11.1 Å². The number of hydrogen-bond donors (Lipinski definition) is 3. The first kappa shape index (κ1) is 44.6. The highest BCUT2D eigenvalue weighted by atomic mass is 32.1. The number of nitrogens with zero attached hydrogens (tertiary/aromatic N) is 9. The predicted octanol–water partition coefficient (Wildman–Crippen LogP) is 4.43. The van der Waals surface area contributed by atoms with Crippen molar-refractivity contribution in [2.45, 2.75) is 103 Å². The maximum absolute atomic E-state index is 14.0. The van der Waals surface area contributed by atoms with Gasteiger partial charge in [0.05, 0.1) is 31.1 Å². The van der Waals surface area contributed by atoms with Crippen molar-refractivity contribution in [1.29, 1.82) is 0 Å². The number of rotatable bonds is 8. The molecule has 0 aromatic carbocycles. The molecule has 18 nitrogen and oxygen atoms in total. The van der Waals surface area contributed by atoms with Crippen LogP contribution in [0, 0.1) is 5.41 Å². The number of imide groups is 1. The molecule has 11 heterocycles. The molecule has 5 aromatic heterocycles. The van der Waals surface area contributed by atoms with Crippen molar-refractivity contribution in [2.24, 2.45) is 12.5 Å². The highest BCUT2D eigenvalue weighted by molar-refractivity contribution is 7.18. The minimum absolute atomic E-state index is 0.130. The van der Waals surface area contributed by atoms with Crippen LogP contribution in [-0.2, 0) is 49.2 Å². The normalized spacial score (nSPS) is 24.0. The molecular formula is C51H57N11O7S. The van der Waals surface area contributed by atoms with E-state index in [4.69, 9.17) is 9.72 Å². The number of pyridine rings is 3. The van der Waals surface area contributed by atoms with Crippen molar-refractivity contribution in [2.75, 3.05) is 59.3 Å². The molecule has 12 rings (SSSR count). The molecule has 3 fully saturated rings. The van der Waals surface area contributed by atoms with E-state index in [9.17, 15) is 29.1 Å². The topological polar surface area (TPSA) is 191 Å². The lowest BCUT2D eigenvalue weighted by atomic mass is 9.90. The molecule has 364 valence electrons. The SMILES string of the molecule is C[C@H]1CN([C@@H]2CCN3c4sc5c(c4OC[C@H]3C2)CN(C2CCC(=O)NC2=O)C5=O)CCN1c1ccc(Nc2cc(-c3ccnc(N4CCn5c(cc6c5CC(C)(C)C6)C4=O)c3CO)cn(C)c2=O)nc1. The summed E-state index contributed by atoms with van der Waals surface area (Å²) < 4.78 is 10.1. The van der Waals surface area contributed by atoms with Crippen LogP contribution < -0.4 is 35.6 Å². The molecule has 70 heavy (non-hydrogen) atoms. The number of aliphatic hydroxyl groups excluding tert-OH is 1. The minimum Gasteiger partial charge on any atom is -0.488 e. The van der Waals surface area contributed by atoms with Gasteiger partial charge in [-0.2, -0.15) is 0 Å². The Hall–Kier alpha value is -6.57. The quantitative estimate of drug-likeness (QED) is 0.186. The summed E-state index contributed by atoms with van der Waals surface area (Å²) in [7, 11) is 1.69. The second kappa shape index (κ2) is 16.8.